The van der Waals surface area contributed by atoms with Crippen molar-refractivity contribution in [3.8, 4) is 0 Å². The molecule has 1 aromatic carbocycles. The van der Waals surface area contributed by atoms with Gasteiger partial charge in [-0.2, -0.15) is 0 Å². The third-order valence-corrected chi connectivity index (χ3v) is 3.45. The second-order valence-electron chi connectivity index (χ2n) is 4.87. The first-order valence-corrected chi connectivity index (χ1v) is 6.92. The normalized spacial score (nSPS) is 12.8. The van der Waals surface area contributed by atoms with Crippen molar-refractivity contribution in [1.82, 2.24) is 4.98 Å². The Morgan fingerprint density at radius 2 is 1.94 bits per heavy atom. The average Bonchev–Trinajstić information content (AvgIpc) is 2.43. The number of hydrogen-bond acceptors (Lipinski definition) is 2. The number of para-hydroxylation sites is 1. The molecule has 2 nitrogen and oxygen atoms in total. The fourth-order valence-electron chi connectivity index (χ4n) is 2.39. The maximum Gasteiger partial charge on any atom is 0.0705 e. The Bertz CT molecular complexity index is 488. The van der Waals surface area contributed by atoms with Crippen LogP contribution in [0.15, 0.2) is 36.5 Å². The van der Waals surface area contributed by atoms with Gasteiger partial charge in [-0.05, 0) is 24.1 Å². The number of unbranched alkanes of at least 4 members (excludes halogenated alkanes) is 3. The van der Waals surface area contributed by atoms with Gasteiger partial charge in [0.1, 0.15) is 0 Å². The molecule has 0 spiro atoms. The number of fused-ring (bicyclic) bond motifs is 1. The van der Waals surface area contributed by atoms with Crippen LogP contribution in [0.2, 0.25) is 0 Å². The Balaban J connectivity index is 2.10. The van der Waals surface area contributed by atoms with Crippen LogP contribution in [0.1, 0.15) is 50.6 Å². The molecule has 2 heteroatoms. The highest BCUT2D eigenvalue weighted by molar-refractivity contribution is 5.82. The Morgan fingerprint density at radius 1 is 1.11 bits per heavy atom. The van der Waals surface area contributed by atoms with Crippen LogP contribution in [-0.2, 0) is 0 Å². The molecular formula is C16H22N2. The van der Waals surface area contributed by atoms with Crippen molar-refractivity contribution in [2.24, 2.45) is 5.73 Å². The van der Waals surface area contributed by atoms with Gasteiger partial charge < -0.3 is 5.73 Å². The molecule has 2 rings (SSSR count). The van der Waals surface area contributed by atoms with E-state index in [0.717, 1.165) is 11.9 Å². The number of hydrogen-bond donors (Lipinski definition) is 1. The summed E-state index contributed by atoms with van der Waals surface area (Å²) >= 11 is 0. The van der Waals surface area contributed by atoms with Gasteiger partial charge in [0.2, 0.25) is 0 Å². The lowest BCUT2D eigenvalue weighted by atomic mass is 9.98. The molecule has 18 heavy (non-hydrogen) atoms. The van der Waals surface area contributed by atoms with Crippen LogP contribution in [-0.4, -0.2) is 4.98 Å². The molecule has 0 radical (unpaired) electrons. The lowest BCUT2D eigenvalue weighted by Gasteiger charge is -2.14. The zero-order chi connectivity index (χ0) is 12.8. The molecule has 1 heterocycles. The smallest absolute Gasteiger partial charge is 0.0705 e. The molecule has 2 aromatic rings. The zero-order valence-corrected chi connectivity index (χ0v) is 11.1. The zero-order valence-electron chi connectivity index (χ0n) is 11.1. The minimum absolute atomic E-state index is 0.134. The van der Waals surface area contributed by atoms with Crippen LogP contribution in [0.4, 0.5) is 0 Å². The molecule has 0 aliphatic rings. The summed E-state index contributed by atoms with van der Waals surface area (Å²) in [5.74, 6) is 0. The minimum atomic E-state index is 0.134. The van der Waals surface area contributed by atoms with Crippen LogP contribution in [0, 0.1) is 0 Å². The summed E-state index contributed by atoms with van der Waals surface area (Å²) < 4.78 is 0. The van der Waals surface area contributed by atoms with Crippen LogP contribution in [0.5, 0.6) is 0 Å². The molecule has 96 valence electrons. The molecule has 0 bridgehead atoms. The molecule has 0 aliphatic heterocycles. The summed E-state index contributed by atoms with van der Waals surface area (Å²) in [6.07, 6.45) is 8.01. The van der Waals surface area contributed by atoms with Crippen molar-refractivity contribution in [1.29, 1.82) is 0 Å². The van der Waals surface area contributed by atoms with Gasteiger partial charge >= 0.3 is 0 Å². The van der Waals surface area contributed by atoms with E-state index in [1.54, 1.807) is 0 Å². The molecule has 0 fully saturated rings. The van der Waals surface area contributed by atoms with Gasteiger partial charge in [-0.1, -0.05) is 50.8 Å². The standard InChI is InChI=1S/C16H22N2/c1-2-3-4-5-9-15(17)13-11-12-18-16-10-7-6-8-14(13)16/h6-8,10-12,15H,2-5,9,17H2,1H3. The first kappa shape index (κ1) is 13.0. The molecule has 0 aliphatic carbocycles. The summed E-state index contributed by atoms with van der Waals surface area (Å²) in [5, 5.41) is 1.20. The first-order valence-electron chi connectivity index (χ1n) is 6.92. The van der Waals surface area contributed by atoms with Crippen molar-refractivity contribution < 1.29 is 0 Å². The van der Waals surface area contributed by atoms with Crippen LogP contribution >= 0.6 is 0 Å². The third kappa shape index (κ3) is 3.08. The highest BCUT2D eigenvalue weighted by atomic mass is 14.7. The summed E-state index contributed by atoms with van der Waals surface area (Å²) in [7, 11) is 0. The SMILES string of the molecule is CCCCCCC(N)c1ccnc2ccccc12. The van der Waals surface area contributed by atoms with E-state index in [1.807, 2.05) is 18.3 Å². The topological polar surface area (TPSA) is 38.9 Å². The fourth-order valence-corrected chi connectivity index (χ4v) is 2.39. The molecule has 1 atom stereocenters. The highest BCUT2D eigenvalue weighted by Crippen LogP contribution is 2.24. The van der Waals surface area contributed by atoms with E-state index in [4.69, 9.17) is 5.73 Å². The molecule has 1 unspecified atom stereocenters. The molecular weight excluding hydrogens is 220 g/mol. The Hall–Kier alpha value is -1.41. The number of aromatic nitrogens is 1. The average molecular weight is 242 g/mol. The molecule has 2 N–H and O–H groups in total. The van der Waals surface area contributed by atoms with Gasteiger partial charge in [0.05, 0.1) is 5.52 Å². The van der Waals surface area contributed by atoms with E-state index in [2.05, 4.69) is 30.1 Å². The van der Waals surface area contributed by atoms with Crippen LogP contribution < -0.4 is 5.73 Å². The van der Waals surface area contributed by atoms with Gasteiger partial charge in [0.25, 0.3) is 0 Å². The maximum absolute atomic E-state index is 6.32. The van der Waals surface area contributed by atoms with Crippen molar-refractivity contribution in [3.63, 3.8) is 0 Å². The van der Waals surface area contributed by atoms with E-state index in [-0.39, 0.29) is 6.04 Å². The van der Waals surface area contributed by atoms with Gasteiger partial charge in [-0.3, -0.25) is 4.98 Å². The molecule has 0 amide bonds. The summed E-state index contributed by atoms with van der Waals surface area (Å²) in [6.45, 7) is 2.23. The monoisotopic (exact) mass is 242 g/mol. The van der Waals surface area contributed by atoms with Gasteiger partial charge in [0.15, 0.2) is 0 Å². The number of nitrogens with zero attached hydrogens (tertiary/aromatic N) is 1. The second-order valence-corrected chi connectivity index (χ2v) is 4.87. The van der Waals surface area contributed by atoms with Gasteiger partial charge in [0, 0.05) is 17.6 Å². The lowest BCUT2D eigenvalue weighted by Crippen LogP contribution is -2.10. The number of benzene rings is 1. The third-order valence-electron chi connectivity index (χ3n) is 3.45. The quantitative estimate of drug-likeness (QED) is 0.771. The van der Waals surface area contributed by atoms with E-state index >= 15 is 0 Å². The van der Waals surface area contributed by atoms with Gasteiger partial charge in [-0.15, -0.1) is 0 Å². The molecule has 0 saturated carbocycles. The largest absolute Gasteiger partial charge is 0.324 e. The predicted molar refractivity (Wildman–Crippen MR) is 77.4 cm³/mol. The van der Waals surface area contributed by atoms with Gasteiger partial charge in [-0.25, -0.2) is 0 Å². The highest BCUT2D eigenvalue weighted by Gasteiger charge is 2.09. The Kier molecular flexibility index (Phi) is 4.71. The Morgan fingerprint density at radius 3 is 2.78 bits per heavy atom. The lowest BCUT2D eigenvalue weighted by molar-refractivity contribution is 0.568. The first-order chi connectivity index (χ1) is 8.83. The molecule has 1 aromatic heterocycles. The number of rotatable bonds is 6. The Labute approximate surface area is 109 Å². The second kappa shape index (κ2) is 6.50. The fraction of sp³-hybridized carbons (Fsp3) is 0.438. The van der Waals surface area contributed by atoms with E-state index in [1.165, 1.54) is 36.6 Å². The molecule has 0 saturated heterocycles. The maximum atomic E-state index is 6.32. The minimum Gasteiger partial charge on any atom is -0.324 e. The van der Waals surface area contributed by atoms with E-state index < -0.39 is 0 Å². The summed E-state index contributed by atoms with van der Waals surface area (Å²) in [4.78, 5) is 4.38. The predicted octanol–water partition coefficient (Wildman–Crippen LogP) is 4.21. The van der Waals surface area contributed by atoms with E-state index in [9.17, 15) is 0 Å². The number of nitrogens with two attached hydrogens (primary N) is 1. The van der Waals surface area contributed by atoms with Crippen LogP contribution in [0.25, 0.3) is 10.9 Å². The summed E-state index contributed by atoms with van der Waals surface area (Å²) in [5.41, 5.74) is 8.59. The van der Waals surface area contributed by atoms with E-state index in [0.29, 0.717) is 0 Å². The number of pyridine rings is 1. The van der Waals surface area contributed by atoms with Crippen molar-refractivity contribution in [2.75, 3.05) is 0 Å². The van der Waals surface area contributed by atoms with Crippen molar-refractivity contribution in [3.05, 3.63) is 42.1 Å². The summed E-state index contributed by atoms with van der Waals surface area (Å²) in [6, 6.07) is 10.4. The van der Waals surface area contributed by atoms with Crippen molar-refractivity contribution in [2.45, 2.75) is 45.1 Å². The van der Waals surface area contributed by atoms with Crippen LogP contribution in [0.3, 0.4) is 0 Å². The van der Waals surface area contributed by atoms with Crippen molar-refractivity contribution >= 4 is 10.9 Å².